The minimum absolute atomic E-state index is 0.301. The van der Waals surface area contributed by atoms with E-state index in [0.717, 1.165) is 17.7 Å². The first-order chi connectivity index (χ1) is 6.75. The van der Waals surface area contributed by atoms with Crippen LogP contribution in [0.2, 0.25) is 5.28 Å². The van der Waals surface area contributed by atoms with E-state index >= 15 is 0 Å². The standard InChI is InChI=1S/C11H11ClN2/c1-8-3-2-4-9(7-8)10-5-6-13-11(12)14-10/h2,4-8H,3H2,1H3. The molecule has 0 aliphatic heterocycles. The van der Waals surface area contributed by atoms with Gasteiger partial charge in [-0.2, -0.15) is 0 Å². The Hall–Kier alpha value is -1.15. The predicted molar refractivity (Wildman–Crippen MR) is 57.9 cm³/mol. The van der Waals surface area contributed by atoms with Crippen molar-refractivity contribution in [1.29, 1.82) is 0 Å². The van der Waals surface area contributed by atoms with E-state index in [-0.39, 0.29) is 0 Å². The zero-order valence-corrected chi connectivity index (χ0v) is 8.70. The average molecular weight is 207 g/mol. The number of rotatable bonds is 1. The van der Waals surface area contributed by atoms with E-state index in [9.17, 15) is 0 Å². The van der Waals surface area contributed by atoms with Crippen LogP contribution in [0.5, 0.6) is 0 Å². The van der Waals surface area contributed by atoms with Gasteiger partial charge in [-0.15, -0.1) is 0 Å². The molecular formula is C11H11ClN2. The first-order valence-corrected chi connectivity index (χ1v) is 5.01. The Kier molecular flexibility index (Phi) is 2.64. The molecule has 1 aromatic heterocycles. The predicted octanol–water partition coefficient (Wildman–Crippen LogP) is 3.11. The fourth-order valence-electron chi connectivity index (χ4n) is 1.51. The number of aromatic nitrogens is 2. The van der Waals surface area contributed by atoms with Gasteiger partial charge in [0, 0.05) is 6.20 Å². The molecule has 0 spiro atoms. The van der Waals surface area contributed by atoms with E-state index < -0.39 is 0 Å². The van der Waals surface area contributed by atoms with Crippen LogP contribution in [0.25, 0.3) is 5.57 Å². The minimum Gasteiger partial charge on any atom is -0.226 e. The first kappa shape index (κ1) is 9.41. The number of nitrogens with zero attached hydrogens (tertiary/aromatic N) is 2. The molecule has 0 N–H and O–H groups in total. The molecule has 0 saturated heterocycles. The van der Waals surface area contributed by atoms with Crippen LogP contribution in [0.1, 0.15) is 19.0 Å². The zero-order valence-electron chi connectivity index (χ0n) is 7.94. The van der Waals surface area contributed by atoms with Gasteiger partial charge in [-0.25, -0.2) is 9.97 Å². The molecule has 0 bridgehead atoms. The smallest absolute Gasteiger partial charge is 0.222 e. The summed E-state index contributed by atoms with van der Waals surface area (Å²) in [6.45, 7) is 2.19. The van der Waals surface area contributed by atoms with Gasteiger partial charge >= 0.3 is 0 Å². The van der Waals surface area contributed by atoms with Crippen LogP contribution in [0.4, 0.5) is 0 Å². The molecule has 0 amide bonds. The average Bonchev–Trinajstić information content (AvgIpc) is 2.18. The van der Waals surface area contributed by atoms with Crippen molar-refractivity contribution < 1.29 is 0 Å². The molecule has 0 fully saturated rings. The Morgan fingerprint density at radius 2 is 2.36 bits per heavy atom. The summed E-state index contributed by atoms with van der Waals surface area (Å²) >= 11 is 5.73. The van der Waals surface area contributed by atoms with Crippen molar-refractivity contribution in [1.82, 2.24) is 9.97 Å². The van der Waals surface area contributed by atoms with Crippen LogP contribution in [0.15, 0.2) is 30.5 Å². The maximum absolute atomic E-state index is 5.73. The van der Waals surface area contributed by atoms with Gasteiger partial charge in [0.15, 0.2) is 0 Å². The lowest BCUT2D eigenvalue weighted by molar-refractivity contribution is 0.739. The molecule has 1 heterocycles. The molecule has 1 aliphatic rings. The Morgan fingerprint density at radius 3 is 3.07 bits per heavy atom. The van der Waals surface area contributed by atoms with E-state index in [4.69, 9.17) is 11.6 Å². The summed E-state index contributed by atoms with van der Waals surface area (Å²) < 4.78 is 0. The van der Waals surface area contributed by atoms with Crippen molar-refractivity contribution in [2.75, 3.05) is 0 Å². The molecule has 72 valence electrons. The Balaban J connectivity index is 2.35. The molecule has 2 rings (SSSR count). The van der Waals surface area contributed by atoms with Crippen molar-refractivity contribution in [2.24, 2.45) is 5.92 Å². The highest BCUT2D eigenvalue weighted by Crippen LogP contribution is 2.23. The molecule has 2 nitrogen and oxygen atoms in total. The summed E-state index contributed by atoms with van der Waals surface area (Å²) in [7, 11) is 0. The summed E-state index contributed by atoms with van der Waals surface area (Å²) in [6, 6.07) is 1.88. The minimum atomic E-state index is 0.301. The molecule has 1 atom stereocenters. The molecule has 1 aliphatic carbocycles. The van der Waals surface area contributed by atoms with Gasteiger partial charge in [0.05, 0.1) is 5.69 Å². The molecule has 0 saturated carbocycles. The van der Waals surface area contributed by atoms with Gasteiger partial charge in [0.25, 0.3) is 0 Å². The van der Waals surface area contributed by atoms with Crippen LogP contribution < -0.4 is 0 Å². The largest absolute Gasteiger partial charge is 0.226 e. The Labute approximate surface area is 88.3 Å². The second-order valence-electron chi connectivity index (χ2n) is 3.45. The third-order valence-electron chi connectivity index (χ3n) is 2.19. The molecule has 14 heavy (non-hydrogen) atoms. The highest BCUT2D eigenvalue weighted by molar-refractivity contribution is 6.28. The maximum atomic E-state index is 5.73. The number of hydrogen-bond acceptors (Lipinski definition) is 2. The third-order valence-corrected chi connectivity index (χ3v) is 2.37. The second kappa shape index (κ2) is 3.93. The lowest BCUT2D eigenvalue weighted by Gasteiger charge is -2.11. The summed E-state index contributed by atoms with van der Waals surface area (Å²) in [4.78, 5) is 8.02. The lowest BCUT2D eigenvalue weighted by Crippen LogP contribution is -1.97. The highest BCUT2D eigenvalue weighted by atomic mass is 35.5. The van der Waals surface area contributed by atoms with Gasteiger partial charge in [-0.3, -0.25) is 0 Å². The van der Waals surface area contributed by atoms with Gasteiger partial charge in [0.1, 0.15) is 0 Å². The van der Waals surface area contributed by atoms with E-state index in [0.29, 0.717) is 11.2 Å². The van der Waals surface area contributed by atoms with E-state index in [1.807, 2.05) is 6.07 Å². The SMILES string of the molecule is CC1C=C(c2ccnc(Cl)n2)C=CC1. The fourth-order valence-corrected chi connectivity index (χ4v) is 1.65. The van der Waals surface area contributed by atoms with Gasteiger partial charge < -0.3 is 0 Å². The van der Waals surface area contributed by atoms with Crippen molar-refractivity contribution in [2.45, 2.75) is 13.3 Å². The van der Waals surface area contributed by atoms with E-state index in [1.165, 1.54) is 0 Å². The van der Waals surface area contributed by atoms with Gasteiger partial charge in [-0.05, 0) is 35.6 Å². The number of halogens is 1. The van der Waals surface area contributed by atoms with Crippen LogP contribution >= 0.6 is 11.6 Å². The molecule has 1 aromatic rings. The van der Waals surface area contributed by atoms with Gasteiger partial charge in [-0.1, -0.05) is 25.2 Å². The molecule has 0 radical (unpaired) electrons. The summed E-state index contributed by atoms with van der Waals surface area (Å²) in [5, 5.41) is 0.301. The number of allylic oxidation sites excluding steroid dienone is 4. The summed E-state index contributed by atoms with van der Waals surface area (Å²) in [5.74, 6) is 0.573. The highest BCUT2D eigenvalue weighted by Gasteiger charge is 2.07. The first-order valence-electron chi connectivity index (χ1n) is 4.63. The summed E-state index contributed by atoms with van der Waals surface area (Å²) in [5.41, 5.74) is 2.03. The van der Waals surface area contributed by atoms with E-state index in [1.54, 1.807) is 6.20 Å². The number of hydrogen-bond donors (Lipinski definition) is 0. The topological polar surface area (TPSA) is 25.8 Å². The lowest BCUT2D eigenvalue weighted by atomic mass is 9.96. The normalized spacial score (nSPS) is 20.7. The zero-order chi connectivity index (χ0) is 9.97. The Morgan fingerprint density at radius 1 is 1.50 bits per heavy atom. The summed E-state index contributed by atoms with van der Waals surface area (Å²) in [6.07, 6.45) is 9.23. The van der Waals surface area contributed by atoms with Crippen LogP contribution in [0, 0.1) is 5.92 Å². The Bertz CT molecular complexity index is 396. The fraction of sp³-hybridized carbons (Fsp3) is 0.273. The van der Waals surface area contributed by atoms with Crippen molar-refractivity contribution in [3.63, 3.8) is 0 Å². The molecule has 3 heteroatoms. The van der Waals surface area contributed by atoms with Crippen molar-refractivity contribution in [3.05, 3.63) is 41.5 Å². The van der Waals surface area contributed by atoms with Gasteiger partial charge in [0.2, 0.25) is 5.28 Å². The molecule has 1 unspecified atom stereocenters. The molecule has 0 aromatic carbocycles. The maximum Gasteiger partial charge on any atom is 0.222 e. The van der Waals surface area contributed by atoms with Crippen molar-refractivity contribution >= 4 is 17.2 Å². The van der Waals surface area contributed by atoms with E-state index in [2.05, 4.69) is 35.1 Å². The second-order valence-corrected chi connectivity index (χ2v) is 3.79. The van der Waals surface area contributed by atoms with Crippen LogP contribution in [-0.4, -0.2) is 9.97 Å². The van der Waals surface area contributed by atoms with Crippen LogP contribution in [0.3, 0.4) is 0 Å². The molecular weight excluding hydrogens is 196 g/mol. The van der Waals surface area contributed by atoms with Crippen molar-refractivity contribution in [3.8, 4) is 0 Å². The third kappa shape index (κ3) is 2.02. The monoisotopic (exact) mass is 206 g/mol. The van der Waals surface area contributed by atoms with Crippen LogP contribution in [-0.2, 0) is 0 Å². The quantitative estimate of drug-likeness (QED) is 0.660.